The van der Waals surface area contributed by atoms with Gasteiger partial charge in [0.25, 0.3) is 5.91 Å². The van der Waals surface area contributed by atoms with Crippen LogP contribution in [-0.4, -0.2) is 45.7 Å². The Morgan fingerprint density at radius 2 is 1.79 bits per heavy atom. The summed E-state index contributed by atoms with van der Waals surface area (Å²) in [6, 6.07) is 15.8. The quantitative estimate of drug-likeness (QED) is 0.744. The predicted molar refractivity (Wildman–Crippen MR) is 107 cm³/mol. The largest absolute Gasteiger partial charge is 0.356 e. The van der Waals surface area contributed by atoms with Gasteiger partial charge >= 0.3 is 0 Å². The topological polar surface area (TPSA) is 66.7 Å². The molecule has 0 spiro atoms. The highest BCUT2D eigenvalue weighted by Gasteiger charge is 2.28. The number of pyridine rings is 1. The molecule has 0 radical (unpaired) electrons. The zero-order valence-corrected chi connectivity index (χ0v) is 15.8. The molecular weight excluding hydrogens is 352 g/mol. The molecule has 0 saturated carbocycles. The van der Waals surface area contributed by atoms with E-state index >= 15 is 0 Å². The summed E-state index contributed by atoms with van der Waals surface area (Å²) in [4.78, 5) is 31.4. The van der Waals surface area contributed by atoms with Gasteiger partial charge in [-0.25, -0.2) is 4.98 Å². The Labute approximate surface area is 164 Å². The maximum Gasteiger partial charge on any atom is 0.274 e. The lowest BCUT2D eigenvalue weighted by atomic mass is 9.95. The fourth-order valence-corrected chi connectivity index (χ4v) is 3.66. The van der Waals surface area contributed by atoms with Crippen molar-refractivity contribution in [2.24, 2.45) is 5.92 Å². The molecular formula is C22H24N4O2. The number of nitrogens with zero attached hydrogens (tertiary/aromatic N) is 3. The number of hydrogen-bond donors (Lipinski definition) is 1. The Kier molecular flexibility index (Phi) is 5.37. The lowest BCUT2D eigenvalue weighted by Gasteiger charge is -2.30. The molecule has 1 aromatic carbocycles. The summed E-state index contributed by atoms with van der Waals surface area (Å²) >= 11 is 0. The number of nitrogens with one attached hydrogen (secondary N) is 1. The van der Waals surface area contributed by atoms with Crippen LogP contribution in [0.15, 0.2) is 60.9 Å². The summed E-state index contributed by atoms with van der Waals surface area (Å²) < 4.78 is 1.85. The number of piperidine rings is 1. The Morgan fingerprint density at radius 3 is 2.54 bits per heavy atom. The fraction of sp³-hybridized carbons (Fsp3) is 0.318. The molecule has 28 heavy (non-hydrogen) atoms. The van der Waals surface area contributed by atoms with E-state index in [1.807, 2.05) is 47.0 Å². The normalized spacial score (nSPS) is 14.9. The minimum absolute atomic E-state index is 0.0270. The second-order valence-electron chi connectivity index (χ2n) is 7.19. The number of rotatable bonds is 5. The molecule has 1 aliphatic heterocycles. The van der Waals surface area contributed by atoms with Gasteiger partial charge in [0, 0.05) is 37.9 Å². The molecule has 1 aliphatic rings. The first-order valence-electron chi connectivity index (χ1n) is 9.75. The van der Waals surface area contributed by atoms with Gasteiger partial charge in [0.1, 0.15) is 11.3 Å². The Morgan fingerprint density at radius 1 is 1.04 bits per heavy atom. The minimum Gasteiger partial charge on any atom is -0.356 e. The van der Waals surface area contributed by atoms with E-state index in [1.165, 1.54) is 5.56 Å². The minimum atomic E-state index is -0.0633. The van der Waals surface area contributed by atoms with Crippen LogP contribution in [0.1, 0.15) is 28.9 Å². The monoisotopic (exact) mass is 376 g/mol. The molecule has 2 amide bonds. The summed E-state index contributed by atoms with van der Waals surface area (Å²) in [7, 11) is 0. The number of carbonyl (C=O) groups excluding carboxylic acids is 2. The van der Waals surface area contributed by atoms with Crippen LogP contribution < -0.4 is 5.32 Å². The summed E-state index contributed by atoms with van der Waals surface area (Å²) in [5.74, 6) is 0.00304. The second kappa shape index (κ2) is 8.25. The zero-order valence-electron chi connectivity index (χ0n) is 15.8. The molecule has 6 heteroatoms. The van der Waals surface area contributed by atoms with Crippen LogP contribution in [0.25, 0.3) is 5.65 Å². The van der Waals surface area contributed by atoms with Crippen molar-refractivity contribution in [3.8, 4) is 0 Å². The third-order valence-electron chi connectivity index (χ3n) is 5.29. The number of hydrogen-bond acceptors (Lipinski definition) is 3. The van der Waals surface area contributed by atoms with Crippen LogP contribution in [0.3, 0.4) is 0 Å². The summed E-state index contributed by atoms with van der Waals surface area (Å²) in [6.07, 6.45) is 5.86. The van der Waals surface area contributed by atoms with E-state index in [-0.39, 0.29) is 17.7 Å². The summed E-state index contributed by atoms with van der Waals surface area (Å²) in [5.41, 5.74) is 2.44. The van der Waals surface area contributed by atoms with Gasteiger partial charge in [0.15, 0.2) is 0 Å². The van der Waals surface area contributed by atoms with Crippen LogP contribution in [0.5, 0.6) is 0 Å². The van der Waals surface area contributed by atoms with Crippen molar-refractivity contribution in [3.63, 3.8) is 0 Å². The van der Waals surface area contributed by atoms with E-state index in [0.717, 1.165) is 12.1 Å². The second-order valence-corrected chi connectivity index (χ2v) is 7.19. The molecule has 1 N–H and O–H groups in total. The van der Waals surface area contributed by atoms with Crippen molar-refractivity contribution in [1.29, 1.82) is 0 Å². The van der Waals surface area contributed by atoms with Gasteiger partial charge in [-0.3, -0.25) is 9.59 Å². The molecule has 144 valence electrons. The fourth-order valence-electron chi connectivity index (χ4n) is 3.66. The van der Waals surface area contributed by atoms with Gasteiger partial charge in [0.05, 0.1) is 0 Å². The van der Waals surface area contributed by atoms with Crippen LogP contribution in [0.4, 0.5) is 0 Å². The van der Waals surface area contributed by atoms with Crippen molar-refractivity contribution in [3.05, 3.63) is 72.2 Å². The molecule has 0 atom stereocenters. The highest BCUT2D eigenvalue weighted by atomic mass is 16.2. The first-order valence-corrected chi connectivity index (χ1v) is 9.75. The van der Waals surface area contributed by atoms with Gasteiger partial charge in [-0.1, -0.05) is 36.4 Å². The summed E-state index contributed by atoms with van der Waals surface area (Å²) in [5, 5.41) is 3.04. The standard InChI is InChI=1S/C22H24N4O2/c27-21(23-12-9-17-6-2-1-3-7-17)18-10-14-25(15-11-18)22(28)19-16-26-13-5-4-8-20(26)24-19/h1-8,13,16,18H,9-12,14-15H2,(H,23,27). The van der Waals surface area contributed by atoms with Gasteiger partial charge in [0.2, 0.25) is 5.91 Å². The number of fused-ring (bicyclic) bond motifs is 1. The Hall–Kier alpha value is -3.15. The van der Waals surface area contributed by atoms with Crippen molar-refractivity contribution in [2.75, 3.05) is 19.6 Å². The lowest BCUT2D eigenvalue weighted by Crippen LogP contribution is -2.43. The van der Waals surface area contributed by atoms with Gasteiger partial charge in [-0.2, -0.15) is 0 Å². The smallest absolute Gasteiger partial charge is 0.274 e. The van der Waals surface area contributed by atoms with Crippen LogP contribution in [0, 0.1) is 5.92 Å². The third kappa shape index (κ3) is 4.06. The van der Waals surface area contributed by atoms with Gasteiger partial charge < -0.3 is 14.6 Å². The number of benzene rings is 1. The first-order chi connectivity index (χ1) is 13.7. The van der Waals surface area contributed by atoms with Crippen molar-refractivity contribution in [1.82, 2.24) is 19.6 Å². The Balaban J connectivity index is 1.26. The van der Waals surface area contributed by atoms with E-state index in [2.05, 4.69) is 22.4 Å². The third-order valence-corrected chi connectivity index (χ3v) is 5.29. The molecule has 1 saturated heterocycles. The maximum atomic E-state index is 12.7. The molecule has 4 rings (SSSR count). The van der Waals surface area contributed by atoms with Crippen molar-refractivity contribution in [2.45, 2.75) is 19.3 Å². The number of aromatic nitrogens is 2. The average molecular weight is 376 g/mol. The van der Waals surface area contributed by atoms with Crippen molar-refractivity contribution < 1.29 is 9.59 Å². The number of carbonyl (C=O) groups is 2. The highest BCUT2D eigenvalue weighted by Crippen LogP contribution is 2.19. The molecule has 0 aliphatic carbocycles. The van der Waals surface area contributed by atoms with Crippen LogP contribution >= 0.6 is 0 Å². The van der Waals surface area contributed by atoms with Crippen LogP contribution in [-0.2, 0) is 11.2 Å². The Bertz CT molecular complexity index is 926. The van der Waals surface area contributed by atoms with E-state index in [1.54, 1.807) is 11.1 Å². The molecule has 1 fully saturated rings. The summed E-state index contributed by atoms with van der Waals surface area (Å²) in [6.45, 7) is 1.82. The zero-order chi connectivity index (χ0) is 19.3. The van der Waals surface area contributed by atoms with Crippen LogP contribution in [0.2, 0.25) is 0 Å². The van der Waals surface area contributed by atoms with Gasteiger partial charge in [-0.05, 0) is 37.0 Å². The molecule has 6 nitrogen and oxygen atoms in total. The van der Waals surface area contributed by atoms with Crippen molar-refractivity contribution >= 4 is 17.5 Å². The first kappa shape index (κ1) is 18.2. The molecule has 0 unspecified atom stereocenters. The SMILES string of the molecule is O=C(NCCc1ccccc1)C1CCN(C(=O)c2cn3ccccc3n2)CC1. The predicted octanol–water partition coefficient (Wildman–Crippen LogP) is 2.55. The van der Waals surface area contributed by atoms with E-state index < -0.39 is 0 Å². The number of likely N-dealkylation sites (tertiary alicyclic amines) is 1. The molecule has 3 aromatic rings. The number of imidazole rings is 1. The molecule has 2 aromatic heterocycles. The van der Waals surface area contributed by atoms with E-state index in [0.29, 0.717) is 38.2 Å². The maximum absolute atomic E-state index is 12.7. The average Bonchev–Trinajstić information content (AvgIpc) is 3.18. The molecule has 0 bridgehead atoms. The molecule has 3 heterocycles. The van der Waals surface area contributed by atoms with E-state index in [4.69, 9.17) is 0 Å². The van der Waals surface area contributed by atoms with Gasteiger partial charge in [-0.15, -0.1) is 0 Å². The lowest BCUT2D eigenvalue weighted by molar-refractivity contribution is -0.126. The highest BCUT2D eigenvalue weighted by molar-refractivity contribution is 5.93. The number of amides is 2. The van der Waals surface area contributed by atoms with E-state index in [9.17, 15) is 9.59 Å².